The fourth-order valence-corrected chi connectivity index (χ4v) is 2.77. The topological polar surface area (TPSA) is 63.5 Å². The Bertz CT molecular complexity index is 688. The molecule has 0 radical (unpaired) electrons. The Balaban J connectivity index is 0.00000420. The highest BCUT2D eigenvalue weighted by Gasteiger charge is 2.04. The molecule has 0 fully saturated rings. The van der Waals surface area contributed by atoms with Crippen LogP contribution in [0.2, 0.25) is 0 Å². The number of nitrogens with one attached hydrogen (secondary N) is 2. The number of imidazole rings is 1. The van der Waals surface area contributed by atoms with Crippen molar-refractivity contribution >= 4 is 29.9 Å². The second kappa shape index (κ2) is 15.3. The number of aliphatic imine (C=N–C) groups is 1. The van der Waals surface area contributed by atoms with Gasteiger partial charge in [-0.25, -0.2) is 4.98 Å². The van der Waals surface area contributed by atoms with Gasteiger partial charge in [-0.15, -0.1) is 24.0 Å². The Morgan fingerprint density at radius 2 is 1.97 bits per heavy atom. The Morgan fingerprint density at radius 3 is 2.69 bits per heavy atom. The van der Waals surface area contributed by atoms with Crippen LogP contribution in [0.4, 0.5) is 0 Å². The summed E-state index contributed by atoms with van der Waals surface area (Å²) in [7, 11) is 0. The van der Waals surface area contributed by atoms with E-state index in [1.807, 2.05) is 18.5 Å². The molecule has 0 saturated carbocycles. The molecule has 1 aromatic carbocycles. The van der Waals surface area contributed by atoms with E-state index in [-0.39, 0.29) is 24.0 Å². The lowest BCUT2D eigenvalue weighted by Gasteiger charge is -2.12. The Kier molecular flexibility index (Phi) is 13.4. The van der Waals surface area contributed by atoms with Gasteiger partial charge in [0, 0.05) is 45.1 Å². The van der Waals surface area contributed by atoms with Crippen LogP contribution in [-0.4, -0.2) is 48.4 Å². The third kappa shape index (κ3) is 10.7. The molecule has 1 aromatic heterocycles. The van der Waals surface area contributed by atoms with E-state index in [0.29, 0.717) is 19.1 Å². The number of ether oxygens (including phenoxy) is 1. The predicted octanol–water partition coefficient (Wildman–Crippen LogP) is 3.71. The molecular weight excluding hydrogens is 477 g/mol. The fraction of sp³-hybridized carbons (Fsp3) is 0.545. The van der Waals surface area contributed by atoms with Crippen molar-refractivity contribution in [1.82, 2.24) is 20.2 Å². The van der Waals surface area contributed by atoms with Gasteiger partial charge in [-0.2, -0.15) is 0 Å². The lowest BCUT2D eigenvalue weighted by Crippen LogP contribution is -2.38. The number of benzene rings is 1. The van der Waals surface area contributed by atoms with Crippen LogP contribution in [0.3, 0.4) is 0 Å². The minimum Gasteiger partial charge on any atom is -0.380 e. The van der Waals surface area contributed by atoms with E-state index in [2.05, 4.69) is 70.2 Å². The van der Waals surface area contributed by atoms with Crippen LogP contribution in [0, 0.1) is 5.92 Å². The van der Waals surface area contributed by atoms with Crippen LogP contribution in [0.5, 0.6) is 0 Å². The minimum absolute atomic E-state index is 0. The summed E-state index contributed by atoms with van der Waals surface area (Å²) in [4.78, 5) is 9.09. The van der Waals surface area contributed by atoms with Gasteiger partial charge >= 0.3 is 0 Å². The first-order chi connectivity index (χ1) is 13.7. The second-order valence-electron chi connectivity index (χ2n) is 7.19. The molecule has 0 aliphatic carbocycles. The maximum absolute atomic E-state index is 5.63. The Labute approximate surface area is 192 Å². The third-order valence-corrected chi connectivity index (χ3v) is 4.33. The molecule has 0 unspecified atom stereocenters. The van der Waals surface area contributed by atoms with Gasteiger partial charge < -0.3 is 19.9 Å². The number of nitrogens with zero attached hydrogens (tertiary/aromatic N) is 3. The molecule has 162 valence electrons. The minimum atomic E-state index is 0. The maximum Gasteiger partial charge on any atom is 0.191 e. The molecule has 0 aliphatic heterocycles. The van der Waals surface area contributed by atoms with E-state index in [0.717, 1.165) is 50.9 Å². The normalized spacial score (nSPS) is 11.4. The molecule has 29 heavy (non-hydrogen) atoms. The van der Waals surface area contributed by atoms with E-state index >= 15 is 0 Å². The van der Waals surface area contributed by atoms with Crippen molar-refractivity contribution in [1.29, 1.82) is 0 Å². The SMILES string of the molecule is CCNC(=NCCOCCC(C)C)NCCc1nccn1Cc1ccccc1.I. The summed E-state index contributed by atoms with van der Waals surface area (Å²) in [5.74, 6) is 2.58. The van der Waals surface area contributed by atoms with Crippen LogP contribution in [0.25, 0.3) is 0 Å². The van der Waals surface area contributed by atoms with Gasteiger partial charge in [-0.1, -0.05) is 44.2 Å². The van der Waals surface area contributed by atoms with Gasteiger partial charge in [-0.05, 0) is 24.8 Å². The van der Waals surface area contributed by atoms with Crippen molar-refractivity contribution in [2.75, 3.05) is 32.8 Å². The summed E-state index contributed by atoms with van der Waals surface area (Å²) in [6.45, 7) is 11.1. The molecule has 2 rings (SSSR count). The smallest absolute Gasteiger partial charge is 0.191 e. The summed E-state index contributed by atoms with van der Waals surface area (Å²) in [5.41, 5.74) is 1.28. The summed E-state index contributed by atoms with van der Waals surface area (Å²) in [5, 5.41) is 6.67. The summed E-state index contributed by atoms with van der Waals surface area (Å²) in [6, 6.07) is 10.5. The van der Waals surface area contributed by atoms with Crippen molar-refractivity contribution in [2.45, 2.75) is 40.2 Å². The van der Waals surface area contributed by atoms with Crippen molar-refractivity contribution < 1.29 is 4.74 Å². The van der Waals surface area contributed by atoms with E-state index in [9.17, 15) is 0 Å². The molecule has 0 atom stereocenters. The number of halogens is 1. The van der Waals surface area contributed by atoms with Gasteiger partial charge in [0.25, 0.3) is 0 Å². The van der Waals surface area contributed by atoms with E-state index in [1.54, 1.807) is 0 Å². The first-order valence-corrected chi connectivity index (χ1v) is 10.3. The maximum atomic E-state index is 5.63. The molecule has 0 aliphatic rings. The molecule has 6 nitrogen and oxygen atoms in total. The summed E-state index contributed by atoms with van der Waals surface area (Å²) in [6.07, 6.45) is 5.84. The molecule has 0 spiro atoms. The van der Waals surface area contributed by atoms with Gasteiger partial charge in [0.2, 0.25) is 0 Å². The number of guanidine groups is 1. The monoisotopic (exact) mass is 513 g/mol. The van der Waals surface area contributed by atoms with Gasteiger partial charge in [0.15, 0.2) is 5.96 Å². The molecule has 7 heteroatoms. The lowest BCUT2D eigenvalue weighted by molar-refractivity contribution is 0.130. The highest BCUT2D eigenvalue weighted by molar-refractivity contribution is 14.0. The van der Waals surface area contributed by atoms with Gasteiger partial charge in [-0.3, -0.25) is 4.99 Å². The highest BCUT2D eigenvalue weighted by atomic mass is 127. The molecule has 2 aromatic rings. The number of rotatable bonds is 12. The van der Waals surface area contributed by atoms with E-state index < -0.39 is 0 Å². The Morgan fingerprint density at radius 1 is 1.17 bits per heavy atom. The molecule has 0 bridgehead atoms. The van der Waals surface area contributed by atoms with Crippen molar-refractivity contribution in [3.05, 3.63) is 54.1 Å². The molecule has 2 N–H and O–H groups in total. The first-order valence-electron chi connectivity index (χ1n) is 10.3. The van der Waals surface area contributed by atoms with Crippen LogP contribution in [0.15, 0.2) is 47.7 Å². The average molecular weight is 513 g/mol. The summed E-state index contributed by atoms with van der Waals surface area (Å²) < 4.78 is 7.83. The van der Waals surface area contributed by atoms with E-state index in [4.69, 9.17) is 4.74 Å². The van der Waals surface area contributed by atoms with Crippen LogP contribution in [0.1, 0.15) is 38.6 Å². The molecule has 0 saturated heterocycles. The first kappa shape index (κ1) is 25.4. The zero-order valence-electron chi connectivity index (χ0n) is 17.9. The van der Waals surface area contributed by atoms with Crippen molar-refractivity contribution in [3.8, 4) is 0 Å². The predicted molar refractivity (Wildman–Crippen MR) is 131 cm³/mol. The third-order valence-electron chi connectivity index (χ3n) is 4.33. The largest absolute Gasteiger partial charge is 0.380 e. The van der Waals surface area contributed by atoms with Crippen LogP contribution in [-0.2, 0) is 17.7 Å². The molecule has 0 amide bonds. The van der Waals surface area contributed by atoms with Crippen molar-refractivity contribution in [3.63, 3.8) is 0 Å². The number of aromatic nitrogens is 2. The second-order valence-corrected chi connectivity index (χ2v) is 7.19. The standard InChI is InChI=1S/C22H35N5O.HI/c1-4-23-22(26-14-17-28-16-11-19(2)3)25-12-10-21-24-13-15-27(21)18-20-8-6-5-7-9-20;/h5-9,13,15,19H,4,10-12,14,16-18H2,1-3H3,(H2,23,25,26);1H. The van der Waals surface area contributed by atoms with Crippen LogP contribution >= 0.6 is 24.0 Å². The molecular formula is C22H36IN5O. The lowest BCUT2D eigenvalue weighted by atomic mass is 10.1. The Hall–Kier alpha value is -1.61. The van der Waals surface area contributed by atoms with Crippen LogP contribution < -0.4 is 10.6 Å². The average Bonchev–Trinajstić information content (AvgIpc) is 3.12. The number of hydrogen-bond donors (Lipinski definition) is 2. The highest BCUT2D eigenvalue weighted by Crippen LogP contribution is 2.05. The van der Waals surface area contributed by atoms with Gasteiger partial charge in [0.05, 0.1) is 13.2 Å². The van der Waals surface area contributed by atoms with E-state index in [1.165, 1.54) is 5.56 Å². The zero-order chi connectivity index (χ0) is 20.0. The number of hydrogen-bond acceptors (Lipinski definition) is 3. The van der Waals surface area contributed by atoms with Gasteiger partial charge in [0.1, 0.15) is 5.82 Å². The fourth-order valence-electron chi connectivity index (χ4n) is 2.77. The summed E-state index contributed by atoms with van der Waals surface area (Å²) >= 11 is 0. The van der Waals surface area contributed by atoms with Crippen molar-refractivity contribution in [2.24, 2.45) is 10.9 Å². The quantitative estimate of drug-likeness (QED) is 0.197. The zero-order valence-corrected chi connectivity index (χ0v) is 20.3. The molecule has 1 heterocycles.